The summed E-state index contributed by atoms with van der Waals surface area (Å²) in [4.78, 5) is 23.3. The van der Waals surface area contributed by atoms with Crippen LogP contribution in [0.25, 0.3) is 0 Å². The summed E-state index contributed by atoms with van der Waals surface area (Å²) < 4.78 is 28.1. The van der Waals surface area contributed by atoms with Crippen LogP contribution in [-0.4, -0.2) is 37.8 Å². The molecule has 1 aromatic carbocycles. The fourth-order valence-electron chi connectivity index (χ4n) is 2.13. The molecular formula is C14H18NO6P. The predicted octanol–water partition coefficient (Wildman–Crippen LogP) is 2.22. The maximum absolute atomic E-state index is 12.3. The lowest BCUT2D eigenvalue weighted by molar-refractivity contribution is 0.0878. The van der Waals surface area contributed by atoms with Gasteiger partial charge in [0, 0.05) is 0 Å². The third kappa shape index (κ3) is 3.55. The van der Waals surface area contributed by atoms with E-state index in [4.69, 9.17) is 13.8 Å². The second-order valence-corrected chi connectivity index (χ2v) is 6.67. The van der Waals surface area contributed by atoms with Crippen molar-refractivity contribution in [3.63, 3.8) is 0 Å². The van der Waals surface area contributed by atoms with Crippen LogP contribution in [0.4, 0.5) is 0 Å². The van der Waals surface area contributed by atoms with Crippen LogP contribution < -0.4 is 10.1 Å². The molecule has 2 rings (SSSR count). The number of ether oxygens (including phenoxy) is 1. The number of benzene rings is 1. The minimum Gasteiger partial charge on any atom is -0.492 e. The monoisotopic (exact) mass is 327 g/mol. The first-order valence-corrected chi connectivity index (χ1v) is 8.73. The van der Waals surface area contributed by atoms with Crippen molar-refractivity contribution >= 4 is 19.4 Å². The summed E-state index contributed by atoms with van der Waals surface area (Å²) in [5.41, 5.74) is 0.482. The van der Waals surface area contributed by atoms with E-state index >= 15 is 0 Å². The third-order valence-electron chi connectivity index (χ3n) is 3.00. The van der Waals surface area contributed by atoms with Gasteiger partial charge in [-0.1, -0.05) is 6.07 Å². The molecule has 2 amide bonds. The molecule has 1 aliphatic rings. The topological polar surface area (TPSA) is 90.9 Å². The zero-order chi connectivity index (χ0) is 16.2. The van der Waals surface area contributed by atoms with Gasteiger partial charge < -0.3 is 13.8 Å². The van der Waals surface area contributed by atoms with Crippen LogP contribution in [0.15, 0.2) is 18.2 Å². The highest BCUT2D eigenvalue weighted by atomic mass is 31.2. The van der Waals surface area contributed by atoms with Gasteiger partial charge in [0.05, 0.1) is 37.1 Å². The smallest absolute Gasteiger partial charge is 0.334 e. The number of hydrogen-bond donors (Lipinski definition) is 1. The molecule has 120 valence electrons. The molecule has 0 aromatic heterocycles. The molecule has 1 aliphatic heterocycles. The maximum atomic E-state index is 12.3. The molecule has 7 nitrogen and oxygen atoms in total. The largest absolute Gasteiger partial charge is 0.492 e. The molecule has 8 heteroatoms. The molecule has 1 N–H and O–H groups in total. The first kappa shape index (κ1) is 16.7. The van der Waals surface area contributed by atoms with Crippen molar-refractivity contribution in [1.29, 1.82) is 0 Å². The molecule has 1 aromatic rings. The first-order valence-electron chi connectivity index (χ1n) is 7.00. The minimum atomic E-state index is -3.20. The maximum Gasteiger partial charge on any atom is 0.334 e. The van der Waals surface area contributed by atoms with Crippen LogP contribution in [0.1, 0.15) is 34.6 Å². The average Bonchev–Trinajstić information content (AvgIpc) is 2.75. The van der Waals surface area contributed by atoms with E-state index in [2.05, 4.69) is 5.32 Å². The van der Waals surface area contributed by atoms with Gasteiger partial charge in [-0.05, 0) is 26.0 Å². The van der Waals surface area contributed by atoms with Gasteiger partial charge in [-0.3, -0.25) is 19.5 Å². The number of nitrogens with one attached hydrogen (secondary N) is 1. The average molecular weight is 327 g/mol. The quantitative estimate of drug-likeness (QED) is 0.581. The van der Waals surface area contributed by atoms with E-state index in [1.54, 1.807) is 32.0 Å². The zero-order valence-corrected chi connectivity index (χ0v) is 13.4. The summed E-state index contributed by atoms with van der Waals surface area (Å²) in [5, 5.41) is 2.21. The number of hydrogen-bond acceptors (Lipinski definition) is 6. The molecule has 0 saturated carbocycles. The Kier molecular flexibility index (Phi) is 5.34. The predicted molar refractivity (Wildman–Crippen MR) is 79.5 cm³/mol. The lowest BCUT2D eigenvalue weighted by Gasteiger charge is -2.17. The van der Waals surface area contributed by atoms with Crippen LogP contribution >= 0.6 is 7.60 Å². The van der Waals surface area contributed by atoms with Crippen LogP contribution in [0, 0.1) is 0 Å². The molecule has 22 heavy (non-hydrogen) atoms. The Bertz CT molecular complexity index is 620. The molecular weight excluding hydrogens is 309 g/mol. The Hall–Kier alpha value is -1.69. The van der Waals surface area contributed by atoms with Crippen molar-refractivity contribution in [3.8, 4) is 5.75 Å². The second-order valence-electron chi connectivity index (χ2n) is 4.48. The van der Waals surface area contributed by atoms with Crippen LogP contribution in [0.3, 0.4) is 0 Å². The highest BCUT2D eigenvalue weighted by molar-refractivity contribution is 7.53. The Balaban J connectivity index is 2.06. The SMILES string of the molecule is CCOP(=O)(CCOc1cccc2c1C(=O)NC2=O)OCC. The van der Waals surface area contributed by atoms with E-state index in [1.165, 1.54) is 0 Å². The number of carbonyl (C=O) groups is 2. The third-order valence-corrected chi connectivity index (χ3v) is 5.03. The van der Waals surface area contributed by atoms with E-state index in [9.17, 15) is 14.2 Å². The fraction of sp³-hybridized carbons (Fsp3) is 0.429. The van der Waals surface area contributed by atoms with E-state index in [1.807, 2.05) is 0 Å². The van der Waals surface area contributed by atoms with Crippen molar-refractivity contribution < 1.29 is 27.9 Å². The fourth-order valence-corrected chi connectivity index (χ4v) is 3.57. The molecule has 0 spiro atoms. The molecule has 0 saturated heterocycles. The van der Waals surface area contributed by atoms with E-state index < -0.39 is 19.4 Å². The molecule has 1 heterocycles. The van der Waals surface area contributed by atoms with E-state index in [0.717, 1.165) is 0 Å². The number of carbonyl (C=O) groups excluding carboxylic acids is 2. The normalized spacial score (nSPS) is 13.9. The van der Waals surface area contributed by atoms with Crippen molar-refractivity contribution in [1.82, 2.24) is 5.32 Å². The lowest BCUT2D eigenvalue weighted by atomic mass is 10.1. The number of fused-ring (bicyclic) bond motifs is 1. The molecule has 0 atom stereocenters. The molecule has 0 unspecified atom stereocenters. The lowest BCUT2D eigenvalue weighted by Crippen LogP contribution is -2.20. The van der Waals surface area contributed by atoms with E-state index in [0.29, 0.717) is 0 Å². The van der Waals surface area contributed by atoms with Crippen LogP contribution in [0.5, 0.6) is 5.75 Å². The molecule has 0 aliphatic carbocycles. The zero-order valence-electron chi connectivity index (χ0n) is 12.5. The molecule has 0 bridgehead atoms. The Morgan fingerprint density at radius 3 is 2.41 bits per heavy atom. The summed E-state index contributed by atoms with van der Waals surface area (Å²) >= 11 is 0. The van der Waals surface area contributed by atoms with Gasteiger partial charge in [0.1, 0.15) is 5.75 Å². The number of imide groups is 1. The van der Waals surface area contributed by atoms with Crippen molar-refractivity contribution in [2.24, 2.45) is 0 Å². The first-order chi connectivity index (χ1) is 10.5. The van der Waals surface area contributed by atoms with Crippen molar-refractivity contribution in [2.75, 3.05) is 26.0 Å². The van der Waals surface area contributed by atoms with Gasteiger partial charge in [-0.25, -0.2) is 0 Å². The highest BCUT2D eigenvalue weighted by Crippen LogP contribution is 2.47. The van der Waals surface area contributed by atoms with E-state index in [-0.39, 0.29) is 42.9 Å². The molecule has 0 fully saturated rings. The summed E-state index contributed by atoms with van der Waals surface area (Å²) in [6.07, 6.45) is 0.0634. The van der Waals surface area contributed by atoms with Crippen molar-refractivity contribution in [3.05, 3.63) is 29.3 Å². The van der Waals surface area contributed by atoms with Crippen LogP contribution in [0.2, 0.25) is 0 Å². The van der Waals surface area contributed by atoms with Gasteiger partial charge in [-0.2, -0.15) is 0 Å². The van der Waals surface area contributed by atoms with Gasteiger partial charge >= 0.3 is 7.60 Å². The number of rotatable bonds is 8. The van der Waals surface area contributed by atoms with Gasteiger partial charge in [0.2, 0.25) is 0 Å². The Morgan fingerprint density at radius 2 is 1.77 bits per heavy atom. The Morgan fingerprint density at radius 1 is 1.09 bits per heavy atom. The van der Waals surface area contributed by atoms with Gasteiger partial charge in [-0.15, -0.1) is 0 Å². The summed E-state index contributed by atoms with van der Waals surface area (Å²) in [6, 6.07) is 4.76. The van der Waals surface area contributed by atoms with Crippen LogP contribution in [-0.2, 0) is 13.6 Å². The minimum absolute atomic E-state index is 0.0508. The number of amides is 2. The second kappa shape index (κ2) is 7.05. The summed E-state index contributed by atoms with van der Waals surface area (Å²) in [7, 11) is -3.20. The highest BCUT2D eigenvalue weighted by Gasteiger charge is 2.30. The molecule has 0 radical (unpaired) electrons. The standard InChI is InChI=1S/C14H18NO6P/c1-3-20-22(18,21-4-2)9-8-19-11-7-5-6-10-12(11)14(17)15-13(10)16/h5-7H,3-4,8-9H2,1-2H3,(H,15,16,17). The summed E-state index contributed by atoms with van der Waals surface area (Å²) in [5.74, 6) is -0.659. The van der Waals surface area contributed by atoms with Gasteiger partial charge in [0.25, 0.3) is 11.8 Å². The summed E-state index contributed by atoms with van der Waals surface area (Å²) in [6.45, 7) is 4.05. The van der Waals surface area contributed by atoms with Gasteiger partial charge in [0.15, 0.2) is 0 Å². The van der Waals surface area contributed by atoms with Crippen molar-refractivity contribution in [2.45, 2.75) is 13.8 Å². The Labute approximate surface area is 128 Å².